The van der Waals surface area contributed by atoms with Crippen molar-refractivity contribution in [1.29, 1.82) is 0 Å². The van der Waals surface area contributed by atoms with Gasteiger partial charge >= 0.3 is 0 Å². The minimum absolute atomic E-state index is 1.03. The molecule has 2 aliphatic rings. The molecule has 0 amide bonds. The Morgan fingerprint density at radius 2 is 1.67 bits per heavy atom. The third-order valence-electron chi connectivity index (χ3n) is 5.46. The average Bonchev–Trinajstić information content (AvgIpc) is 2.68. The number of hydrogen-bond acceptors (Lipinski definition) is 2. The highest BCUT2D eigenvalue weighted by molar-refractivity contribution is 5.77. The molecule has 0 aromatic heterocycles. The fraction of sp³-hybridized carbons (Fsp3) is 0.520. The average molecular weight is 367 g/mol. The molecule has 2 heteroatoms. The van der Waals surface area contributed by atoms with E-state index in [-0.39, 0.29) is 0 Å². The van der Waals surface area contributed by atoms with Crippen molar-refractivity contribution in [3.8, 4) is 0 Å². The molecule has 0 saturated carbocycles. The molecular formula is C25H38N2. The van der Waals surface area contributed by atoms with Crippen molar-refractivity contribution < 1.29 is 0 Å². The molecule has 0 fully saturated rings. The zero-order chi connectivity index (χ0) is 19.6. The molecule has 2 aliphatic heterocycles. The summed E-state index contributed by atoms with van der Waals surface area (Å²) < 4.78 is 0. The maximum Gasteiger partial charge on any atom is 0.0396 e. The molecule has 0 saturated heterocycles. The van der Waals surface area contributed by atoms with E-state index in [1.54, 1.807) is 0 Å². The van der Waals surface area contributed by atoms with Crippen LogP contribution in [0.2, 0.25) is 0 Å². The second kappa shape index (κ2) is 11.0. The van der Waals surface area contributed by atoms with E-state index in [2.05, 4.69) is 73.8 Å². The summed E-state index contributed by atoms with van der Waals surface area (Å²) >= 11 is 0. The summed E-state index contributed by atoms with van der Waals surface area (Å²) in [5, 5.41) is 0. The first-order valence-electron chi connectivity index (χ1n) is 10.7. The van der Waals surface area contributed by atoms with Gasteiger partial charge in [-0.25, -0.2) is 0 Å². The van der Waals surface area contributed by atoms with E-state index in [1.165, 1.54) is 73.8 Å². The topological polar surface area (TPSA) is 6.48 Å². The van der Waals surface area contributed by atoms with Crippen LogP contribution in [0.3, 0.4) is 0 Å². The lowest BCUT2D eigenvalue weighted by atomic mass is 9.96. The van der Waals surface area contributed by atoms with Crippen LogP contribution < -0.4 is 4.90 Å². The van der Waals surface area contributed by atoms with Crippen molar-refractivity contribution in [2.24, 2.45) is 0 Å². The molecule has 0 N–H and O–H groups in total. The zero-order valence-corrected chi connectivity index (χ0v) is 17.9. The summed E-state index contributed by atoms with van der Waals surface area (Å²) in [5.41, 5.74) is 6.43. The van der Waals surface area contributed by atoms with Gasteiger partial charge in [0, 0.05) is 38.2 Å². The molecule has 3 rings (SSSR count). The van der Waals surface area contributed by atoms with Gasteiger partial charge in [-0.1, -0.05) is 71.1 Å². The van der Waals surface area contributed by atoms with Crippen LogP contribution >= 0.6 is 0 Å². The molecule has 1 aromatic rings. The second-order valence-electron chi connectivity index (χ2n) is 7.80. The number of rotatable bonds is 6. The Bertz CT molecular complexity index is 663. The van der Waals surface area contributed by atoms with Gasteiger partial charge in [0.05, 0.1) is 0 Å². The van der Waals surface area contributed by atoms with Crippen molar-refractivity contribution in [2.75, 3.05) is 25.5 Å². The summed E-state index contributed by atoms with van der Waals surface area (Å²) in [4.78, 5) is 4.42. The Morgan fingerprint density at radius 3 is 2.30 bits per heavy atom. The first kappa shape index (κ1) is 21.3. The van der Waals surface area contributed by atoms with Gasteiger partial charge in [0.25, 0.3) is 0 Å². The Morgan fingerprint density at radius 1 is 0.963 bits per heavy atom. The summed E-state index contributed by atoms with van der Waals surface area (Å²) in [6, 6.07) is 6.81. The van der Waals surface area contributed by atoms with Crippen molar-refractivity contribution in [1.82, 2.24) is 4.90 Å². The lowest BCUT2D eigenvalue weighted by Crippen LogP contribution is -2.24. The van der Waals surface area contributed by atoms with Crippen LogP contribution in [0.1, 0.15) is 69.9 Å². The maximum atomic E-state index is 3.99. The number of nitrogens with zero attached hydrogens (tertiary/aromatic N) is 2. The third-order valence-corrected chi connectivity index (χ3v) is 5.46. The van der Waals surface area contributed by atoms with Gasteiger partial charge in [-0.2, -0.15) is 0 Å². The van der Waals surface area contributed by atoms with Crippen LogP contribution in [0, 0.1) is 0 Å². The quantitative estimate of drug-likeness (QED) is 0.511. The predicted molar refractivity (Wildman–Crippen MR) is 121 cm³/mol. The predicted octanol–water partition coefficient (Wildman–Crippen LogP) is 6.79. The number of hydrogen-bond donors (Lipinski definition) is 0. The summed E-state index contributed by atoms with van der Waals surface area (Å²) in [6.07, 6.45) is 17.3. The molecule has 148 valence electrons. The number of likely N-dealkylation sites (N-methyl/N-ethyl adjacent to an activating group) is 1. The van der Waals surface area contributed by atoms with Gasteiger partial charge in [-0.15, -0.1) is 0 Å². The maximum absolute atomic E-state index is 3.99. The summed E-state index contributed by atoms with van der Waals surface area (Å²) in [5.74, 6) is 0. The van der Waals surface area contributed by atoms with Crippen LogP contribution in [-0.4, -0.2) is 25.5 Å². The van der Waals surface area contributed by atoms with Crippen LogP contribution in [-0.2, 0) is 6.42 Å². The molecule has 1 aromatic carbocycles. The van der Waals surface area contributed by atoms with E-state index in [1.807, 2.05) is 7.05 Å². The zero-order valence-electron chi connectivity index (χ0n) is 17.9. The van der Waals surface area contributed by atoms with Gasteiger partial charge in [0.2, 0.25) is 0 Å². The van der Waals surface area contributed by atoms with Gasteiger partial charge in [0.1, 0.15) is 0 Å². The standard InChI is InChI=1S/C17H20N2.C8H18/c1-13-6-7-16(12-19(13)3)14-8-9-17-15(11-14)5-4-10-18(17)2;1-3-5-7-8-6-4-2/h6-9,11-12H,1,4-5,10H2,2-3H3;3-8H2,1-2H3. The minimum Gasteiger partial charge on any atom is -0.374 e. The first-order valence-corrected chi connectivity index (χ1v) is 10.7. The third kappa shape index (κ3) is 6.30. The monoisotopic (exact) mass is 366 g/mol. The molecule has 0 spiro atoms. The van der Waals surface area contributed by atoms with Crippen LogP contribution in [0.5, 0.6) is 0 Å². The van der Waals surface area contributed by atoms with Crippen LogP contribution in [0.25, 0.3) is 5.57 Å². The van der Waals surface area contributed by atoms with Gasteiger partial charge in [-0.3, -0.25) is 0 Å². The van der Waals surface area contributed by atoms with E-state index in [0.717, 1.165) is 12.2 Å². The SMILES string of the molecule is C=C1C=CC(c2ccc3c(c2)CCCN3C)=CN1C.CCCCCCCC. The van der Waals surface area contributed by atoms with Crippen LogP contribution in [0.15, 0.2) is 48.8 Å². The fourth-order valence-corrected chi connectivity index (χ4v) is 3.63. The molecule has 0 unspecified atom stereocenters. The number of allylic oxidation sites excluding steroid dienone is 3. The number of benzene rings is 1. The Kier molecular flexibility index (Phi) is 8.71. The van der Waals surface area contributed by atoms with E-state index >= 15 is 0 Å². The van der Waals surface area contributed by atoms with Crippen LogP contribution in [0.4, 0.5) is 5.69 Å². The van der Waals surface area contributed by atoms with Crippen molar-refractivity contribution in [2.45, 2.75) is 65.2 Å². The van der Waals surface area contributed by atoms with E-state index < -0.39 is 0 Å². The number of anilines is 1. The lowest BCUT2D eigenvalue weighted by Gasteiger charge is -2.28. The van der Waals surface area contributed by atoms with Gasteiger partial charge < -0.3 is 9.80 Å². The van der Waals surface area contributed by atoms with E-state index in [4.69, 9.17) is 0 Å². The first-order chi connectivity index (χ1) is 13.1. The summed E-state index contributed by atoms with van der Waals surface area (Å²) in [6.45, 7) is 9.67. The Labute approximate surface area is 167 Å². The molecular weight excluding hydrogens is 328 g/mol. The highest BCUT2D eigenvalue weighted by Gasteiger charge is 2.15. The lowest BCUT2D eigenvalue weighted by molar-refractivity contribution is 0.589. The Balaban J connectivity index is 0.000000279. The molecule has 27 heavy (non-hydrogen) atoms. The number of aryl methyl sites for hydroxylation is 1. The number of fused-ring (bicyclic) bond motifs is 1. The molecule has 0 atom stereocenters. The van der Waals surface area contributed by atoms with Crippen molar-refractivity contribution >= 4 is 11.3 Å². The van der Waals surface area contributed by atoms with Gasteiger partial charge in [0.15, 0.2) is 0 Å². The highest BCUT2D eigenvalue weighted by atomic mass is 15.1. The smallest absolute Gasteiger partial charge is 0.0396 e. The largest absolute Gasteiger partial charge is 0.374 e. The normalized spacial score (nSPS) is 15.9. The Hall–Kier alpha value is -1.96. The van der Waals surface area contributed by atoms with E-state index in [0.29, 0.717) is 0 Å². The number of unbranched alkanes of at least 4 members (excludes halogenated alkanes) is 5. The summed E-state index contributed by atoms with van der Waals surface area (Å²) in [7, 11) is 4.22. The molecule has 2 heterocycles. The molecule has 0 bridgehead atoms. The van der Waals surface area contributed by atoms with E-state index in [9.17, 15) is 0 Å². The van der Waals surface area contributed by atoms with Crippen molar-refractivity contribution in [3.63, 3.8) is 0 Å². The highest BCUT2D eigenvalue weighted by Crippen LogP contribution is 2.30. The molecule has 0 aliphatic carbocycles. The fourth-order valence-electron chi connectivity index (χ4n) is 3.63. The van der Waals surface area contributed by atoms with Gasteiger partial charge in [-0.05, 0) is 47.8 Å². The molecule has 2 nitrogen and oxygen atoms in total. The molecule has 0 radical (unpaired) electrons. The van der Waals surface area contributed by atoms with Crippen molar-refractivity contribution in [3.05, 3.63) is 60.0 Å². The second-order valence-corrected chi connectivity index (χ2v) is 7.80. The minimum atomic E-state index is 1.03.